The summed E-state index contributed by atoms with van der Waals surface area (Å²) in [6, 6.07) is 4.30. The Labute approximate surface area is 84.7 Å². The maximum atomic E-state index is 11.8. The lowest BCUT2D eigenvalue weighted by molar-refractivity contribution is -0.189. The number of esters is 1. The molecule has 1 rings (SSSR count). The summed E-state index contributed by atoms with van der Waals surface area (Å²) in [5.74, 6) is -2.30. The predicted octanol–water partition coefficient (Wildman–Crippen LogP) is 2.77. The Morgan fingerprint density at radius 1 is 1.20 bits per heavy atom. The fourth-order valence-corrected chi connectivity index (χ4v) is 0.942. The van der Waals surface area contributed by atoms with Gasteiger partial charge in [0.2, 0.25) is 0 Å². The van der Waals surface area contributed by atoms with Crippen molar-refractivity contribution in [3.8, 4) is 5.75 Å². The van der Waals surface area contributed by atoms with E-state index >= 15 is 0 Å². The average Bonchev–Trinajstić information content (AvgIpc) is 2.10. The second kappa shape index (κ2) is 3.92. The van der Waals surface area contributed by atoms with Crippen molar-refractivity contribution in [2.24, 2.45) is 0 Å². The number of halogens is 3. The van der Waals surface area contributed by atoms with Crippen molar-refractivity contribution in [1.82, 2.24) is 0 Å². The molecule has 0 aliphatic heterocycles. The Hall–Kier alpha value is -1.52. The maximum Gasteiger partial charge on any atom is 0.491 e. The van der Waals surface area contributed by atoms with Crippen LogP contribution in [0, 0.1) is 13.8 Å². The molecule has 0 saturated heterocycles. The van der Waals surface area contributed by atoms with Gasteiger partial charge in [-0.05, 0) is 37.1 Å². The Kier molecular flexibility index (Phi) is 3.02. The minimum atomic E-state index is -4.96. The fraction of sp³-hybridized carbons (Fsp3) is 0.300. The lowest BCUT2D eigenvalue weighted by atomic mass is 10.1. The van der Waals surface area contributed by atoms with Gasteiger partial charge in [0.05, 0.1) is 0 Å². The van der Waals surface area contributed by atoms with Crippen molar-refractivity contribution in [2.75, 3.05) is 0 Å². The van der Waals surface area contributed by atoms with Gasteiger partial charge in [0, 0.05) is 0 Å². The molecular formula is C10H9F3O2. The van der Waals surface area contributed by atoms with Crippen molar-refractivity contribution in [3.63, 3.8) is 0 Å². The third-order valence-corrected chi connectivity index (χ3v) is 1.92. The Morgan fingerprint density at radius 3 is 2.27 bits per heavy atom. The molecule has 0 saturated carbocycles. The minimum absolute atomic E-state index is 0.0968. The van der Waals surface area contributed by atoms with E-state index in [1.807, 2.05) is 6.92 Å². The smallest absolute Gasteiger partial charge is 0.420 e. The van der Waals surface area contributed by atoms with Crippen molar-refractivity contribution in [2.45, 2.75) is 20.0 Å². The zero-order chi connectivity index (χ0) is 11.6. The van der Waals surface area contributed by atoms with Gasteiger partial charge in [0.1, 0.15) is 5.75 Å². The van der Waals surface area contributed by atoms with E-state index < -0.39 is 12.1 Å². The third-order valence-electron chi connectivity index (χ3n) is 1.92. The van der Waals surface area contributed by atoms with Crippen LogP contribution in [-0.4, -0.2) is 12.1 Å². The summed E-state index contributed by atoms with van der Waals surface area (Å²) in [5, 5.41) is 0. The number of hydrogen-bond donors (Lipinski definition) is 0. The first-order valence-electron chi connectivity index (χ1n) is 4.17. The second-order valence-corrected chi connectivity index (χ2v) is 3.13. The van der Waals surface area contributed by atoms with Crippen LogP contribution < -0.4 is 4.74 Å². The Morgan fingerprint density at radius 2 is 1.80 bits per heavy atom. The molecule has 1 aromatic carbocycles. The molecule has 0 amide bonds. The van der Waals surface area contributed by atoms with E-state index in [2.05, 4.69) is 4.74 Å². The SMILES string of the molecule is Cc1ccc(OC(=O)C(F)(F)F)cc1C. The van der Waals surface area contributed by atoms with Crippen molar-refractivity contribution in [1.29, 1.82) is 0 Å². The summed E-state index contributed by atoms with van der Waals surface area (Å²) in [7, 11) is 0. The Bertz CT molecular complexity index is 383. The number of benzene rings is 1. The fourth-order valence-electron chi connectivity index (χ4n) is 0.942. The lowest BCUT2D eigenvalue weighted by Crippen LogP contribution is -2.27. The molecular weight excluding hydrogens is 209 g/mol. The highest BCUT2D eigenvalue weighted by atomic mass is 19.4. The van der Waals surface area contributed by atoms with Crippen LogP contribution in [0.1, 0.15) is 11.1 Å². The largest absolute Gasteiger partial charge is 0.491 e. The molecule has 82 valence electrons. The number of carbonyl (C=O) groups excluding carboxylic acids is 1. The van der Waals surface area contributed by atoms with Gasteiger partial charge in [-0.1, -0.05) is 6.07 Å². The molecule has 0 fully saturated rings. The summed E-state index contributed by atoms with van der Waals surface area (Å²) in [6.07, 6.45) is -4.96. The minimum Gasteiger partial charge on any atom is -0.420 e. The monoisotopic (exact) mass is 218 g/mol. The highest BCUT2D eigenvalue weighted by Gasteiger charge is 2.41. The number of aryl methyl sites for hydroxylation is 2. The van der Waals surface area contributed by atoms with E-state index in [0.29, 0.717) is 0 Å². The molecule has 2 nitrogen and oxygen atoms in total. The molecule has 1 aromatic rings. The van der Waals surface area contributed by atoms with E-state index in [-0.39, 0.29) is 5.75 Å². The first-order valence-corrected chi connectivity index (χ1v) is 4.17. The molecule has 15 heavy (non-hydrogen) atoms. The number of ether oxygens (including phenoxy) is 1. The van der Waals surface area contributed by atoms with Crippen molar-refractivity contribution >= 4 is 5.97 Å². The van der Waals surface area contributed by atoms with Gasteiger partial charge in [-0.15, -0.1) is 0 Å². The standard InChI is InChI=1S/C10H9F3O2/c1-6-3-4-8(5-7(6)2)15-9(14)10(11,12)13/h3-5H,1-2H3. The van der Waals surface area contributed by atoms with Crippen LogP contribution in [0.3, 0.4) is 0 Å². The quantitative estimate of drug-likeness (QED) is 0.535. The zero-order valence-electron chi connectivity index (χ0n) is 8.18. The highest BCUT2D eigenvalue weighted by Crippen LogP contribution is 2.21. The summed E-state index contributed by atoms with van der Waals surface area (Å²) in [6.45, 7) is 3.53. The Balaban J connectivity index is 2.83. The van der Waals surface area contributed by atoms with Crippen LogP contribution in [-0.2, 0) is 4.79 Å². The van der Waals surface area contributed by atoms with Gasteiger partial charge in [-0.3, -0.25) is 0 Å². The molecule has 0 unspecified atom stereocenters. The summed E-state index contributed by atoms with van der Waals surface area (Å²) < 4.78 is 39.7. The third kappa shape index (κ3) is 2.97. The highest BCUT2D eigenvalue weighted by molar-refractivity contribution is 5.78. The topological polar surface area (TPSA) is 26.3 Å². The van der Waals surface area contributed by atoms with Gasteiger partial charge in [0.25, 0.3) is 0 Å². The van der Waals surface area contributed by atoms with Crippen LogP contribution in [0.4, 0.5) is 13.2 Å². The van der Waals surface area contributed by atoms with Crippen LogP contribution in [0.2, 0.25) is 0 Å². The molecule has 0 spiro atoms. The first kappa shape index (κ1) is 11.6. The van der Waals surface area contributed by atoms with Crippen LogP contribution in [0.25, 0.3) is 0 Å². The van der Waals surface area contributed by atoms with Crippen molar-refractivity contribution in [3.05, 3.63) is 29.3 Å². The van der Waals surface area contributed by atoms with E-state index in [9.17, 15) is 18.0 Å². The molecule has 0 N–H and O–H groups in total. The van der Waals surface area contributed by atoms with E-state index in [0.717, 1.165) is 11.1 Å². The first-order chi connectivity index (χ1) is 6.80. The van der Waals surface area contributed by atoms with Gasteiger partial charge in [-0.25, -0.2) is 4.79 Å². The molecule has 0 atom stereocenters. The maximum absolute atomic E-state index is 11.8. The number of carbonyl (C=O) groups is 1. The van der Waals surface area contributed by atoms with Gasteiger partial charge < -0.3 is 4.74 Å². The normalized spacial score (nSPS) is 11.3. The van der Waals surface area contributed by atoms with Gasteiger partial charge in [-0.2, -0.15) is 13.2 Å². The summed E-state index contributed by atoms with van der Waals surface area (Å²) >= 11 is 0. The van der Waals surface area contributed by atoms with Gasteiger partial charge >= 0.3 is 12.1 Å². The molecule has 0 aliphatic carbocycles. The molecule has 0 bridgehead atoms. The number of alkyl halides is 3. The summed E-state index contributed by atoms with van der Waals surface area (Å²) in [5.41, 5.74) is 1.68. The molecule has 0 heterocycles. The molecule has 5 heteroatoms. The predicted molar refractivity (Wildman–Crippen MR) is 47.6 cm³/mol. The molecule has 0 aliphatic rings. The van der Waals surface area contributed by atoms with E-state index in [4.69, 9.17) is 0 Å². The molecule has 0 radical (unpaired) electrons. The van der Waals surface area contributed by atoms with Crippen LogP contribution in [0.15, 0.2) is 18.2 Å². The summed E-state index contributed by atoms with van der Waals surface area (Å²) in [4.78, 5) is 10.5. The lowest BCUT2D eigenvalue weighted by Gasteiger charge is -2.08. The average molecular weight is 218 g/mol. The second-order valence-electron chi connectivity index (χ2n) is 3.13. The van der Waals surface area contributed by atoms with E-state index in [1.54, 1.807) is 13.0 Å². The van der Waals surface area contributed by atoms with Crippen LogP contribution >= 0.6 is 0 Å². The van der Waals surface area contributed by atoms with E-state index in [1.165, 1.54) is 12.1 Å². The number of rotatable bonds is 1. The zero-order valence-corrected chi connectivity index (χ0v) is 8.18. The van der Waals surface area contributed by atoms with Gasteiger partial charge in [0.15, 0.2) is 0 Å². The van der Waals surface area contributed by atoms with Crippen LogP contribution in [0.5, 0.6) is 5.75 Å². The number of hydrogen-bond acceptors (Lipinski definition) is 2. The molecule has 0 aromatic heterocycles. The van der Waals surface area contributed by atoms with Crippen molar-refractivity contribution < 1.29 is 22.7 Å².